The van der Waals surface area contributed by atoms with Crippen LogP contribution in [-0.4, -0.2) is 106 Å². The number of amides is 4. The second-order valence-electron chi connectivity index (χ2n) is 18.3. The molecule has 65 heavy (non-hydrogen) atoms. The van der Waals surface area contributed by atoms with Gasteiger partial charge in [-0.3, -0.25) is 28.8 Å². The van der Waals surface area contributed by atoms with E-state index in [1.165, 1.54) is 136 Å². The first kappa shape index (κ1) is 59.7. The number of aliphatic hydroxyl groups is 2. The number of aliphatic carboxylic acids is 1. The molecule has 16 nitrogen and oxygen atoms in total. The molecule has 1 heterocycles. The zero-order valence-electron chi connectivity index (χ0n) is 40.8. The third-order valence-corrected chi connectivity index (χ3v) is 12.4. The molecule has 1 saturated heterocycles. The fourth-order valence-corrected chi connectivity index (χ4v) is 8.29. The summed E-state index contributed by atoms with van der Waals surface area (Å²) in [6.07, 6.45) is 22.6. The van der Waals surface area contributed by atoms with Crippen LogP contribution in [-0.2, 0) is 43.0 Å². The standard InChI is InChI=1S/C49H90N4O12/c1-6-8-10-12-14-16-18-20-22-24-26-28-30-38(31-29-27-25-23-21-19-17-15-13-11-9-7-2)48(61)63-34-40-43(57)44(42(49(62)65-40)52-37(5)54)64-36(4)47(60)51-35(3)46(59)53-39(45(50)58)32-33-41(55)56/h35-36,38-40,42-44,49,57,62H,6-34H2,1-5H3,(H2,50,58)(H,51,60)(H,52,54)(H,53,59)(H,55,56)/t35?,36?,39?,40-,42-,43-,44-,49?/m1/s1. The van der Waals surface area contributed by atoms with Gasteiger partial charge >= 0.3 is 11.9 Å². The number of hydrogen-bond acceptors (Lipinski definition) is 11. The van der Waals surface area contributed by atoms with E-state index in [4.69, 9.17) is 25.1 Å². The van der Waals surface area contributed by atoms with Gasteiger partial charge in [-0.05, 0) is 33.1 Å². The van der Waals surface area contributed by atoms with E-state index in [1.54, 1.807) is 0 Å². The van der Waals surface area contributed by atoms with E-state index in [1.807, 2.05) is 0 Å². The molecule has 0 saturated carbocycles. The Morgan fingerprint density at radius 2 is 1.09 bits per heavy atom. The largest absolute Gasteiger partial charge is 0.481 e. The Balaban J connectivity index is 2.86. The number of esters is 1. The molecule has 0 aromatic carbocycles. The Kier molecular flexibility index (Phi) is 33.7. The Morgan fingerprint density at radius 1 is 0.646 bits per heavy atom. The predicted molar refractivity (Wildman–Crippen MR) is 250 cm³/mol. The molecule has 0 aromatic heterocycles. The first-order valence-corrected chi connectivity index (χ1v) is 25.3. The van der Waals surface area contributed by atoms with Crippen molar-refractivity contribution in [2.45, 2.75) is 263 Å². The van der Waals surface area contributed by atoms with Crippen LogP contribution in [0.15, 0.2) is 0 Å². The third kappa shape index (κ3) is 27.8. The molecule has 4 amide bonds. The summed E-state index contributed by atoms with van der Waals surface area (Å²) in [5.74, 6) is -5.05. The first-order chi connectivity index (χ1) is 31.1. The van der Waals surface area contributed by atoms with Crippen molar-refractivity contribution in [2.75, 3.05) is 6.61 Å². The molecular formula is C49H90N4O12. The van der Waals surface area contributed by atoms with Crippen molar-refractivity contribution in [3.05, 3.63) is 0 Å². The monoisotopic (exact) mass is 927 g/mol. The number of nitrogens with two attached hydrogens (primary N) is 1. The number of hydrogen-bond donors (Lipinski definition) is 7. The molecule has 0 aliphatic carbocycles. The van der Waals surface area contributed by atoms with Crippen molar-refractivity contribution in [1.29, 1.82) is 0 Å². The molecule has 4 unspecified atom stereocenters. The van der Waals surface area contributed by atoms with Crippen molar-refractivity contribution >= 4 is 35.6 Å². The van der Waals surface area contributed by atoms with Crippen LogP contribution in [0.25, 0.3) is 0 Å². The quantitative estimate of drug-likeness (QED) is 0.0242. The van der Waals surface area contributed by atoms with Crippen LogP contribution >= 0.6 is 0 Å². The molecule has 1 aliphatic rings. The van der Waals surface area contributed by atoms with Crippen LogP contribution in [0.2, 0.25) is 0 Å². The van der Waals surface area contributed by atoms with Crippen molar-refractivity contribution in [3.8, 4) is 0 Å². The maximum atomic E-state index is 13.7. The summed E-state index contributed by atoms with van der Waals surface area (Å²) in [4.78, 5) is 74.5. The topological polar surface area (TPSA) is 253 Å². The zero-order chi connectivity index (χ0) is 48.4. The maximum Gasteiger partial charge on any atom is 0.309 e. The van der Waals surface area contributed by atoms with Crippen molar-refractivity contribution in [1.82, 2.24) is 16.0 Å². The van der Waals surface area contributed by atoms with Gasteiger partial charge < -0.3 is 51.2 Å². The number of carbonyl (C=O) groups is 6. The highest BCUT2D eigenvalue weighted by atomic mass is 16.6. The van der Waals surface area contributed by atoms with Crippen LogP contribution in [0.5, 0.6) is 0 Å². The van der Waals surface area contributed by atoms with Gasteiger partial charge in [0.05, 0.1) is 5.92 Å². The smallest absolute Gasteiger partial charge is 0.309 e. The Labute approximate surface area is 390 Å². The number of primary amides is 1. The average molecular weight is 927 g/mol. The second kappa shape index (κ2) is 36.7. The average Bonchev–Trinajstić information content (AvgIpc) is 3.26. The number of aliphatic hydroxyl groups excluding tert-OH is 2. The van der Waals surface area contributed by atoms with Crippen molar-refractivity contribution in [3.63, 3.8) is 0 Å². The predicted octanol–water partition coefficient (Wildman–Crippen LogP) is 7.02. The summed E-state index contributed by atoms with van der Waals surface area (Å²) in [5.41, 5.74) is 5.31. The lowest BCUT2D eigenvalue weighted by Crippen LogP contribution is -2.66. The number of carbonyl (C=O) groups excluding carboxylic acids is 5. The SMILES string of the molecule is CCCCCCCCCCCCCCC(CCCCCCCCCCCCCC)C(=O)OC[C@H]1OC(O)[C@H](NC(C)=O)[C@@H](OC(C)C(=O)NC(C)C(=O)NC(CCC(=O)O)C(N)=O)[C@@H]1O. The summed E-state index contributed by atoms with van der Waals surface area (Å²) in [6.45, 7) is 7.93. The molecular weight excluding hydrogens is 837 g/mol. The molecule has 0 bridgehead atoms. The van der Waals surface area contributed by atoms with Gasteiger partial charge in [0, 0.05) is 13.3 Å². The number of rotatable bonds is 40. The summed E-state index contributed by atoms with van der Waals surface area (Å²) >= 11 is 0. The summed E-state index contributed by atoms with van der Waals surface area (Å²) in [7, 11) is 0. The minimum atomic E-state index is -1.70. The lowest BCUT2D eigenvalue weighted by Gasteiger charge is -2.43. The maximum absolute atomic E-state index is 13.7. The Bertz CT molecular complexity index is 1310. The van der Waals surface area contributed by atoms with E-state index in [2.05, 4.69) is 29.8 Å². The fraction of sp³-hybridized carbons (Fsp3) is 0.878. The minimum absolute atomic E-state index is 0.249. The normalized spacial score (nSPS) is 19.8. The van der Waals surface area contributed by atoms with Gasteiger partial charge in [-0.25, -0.2) is 0 Å². The highest BCUT2D eigenvalue weighted by Gasteiger charge is 2.47. The van der Waals surface area contributed by atoms with Crippen LogP contribution in [0.4, 0.5) is 0 Å². The van der Waals surface area contributed by atoms with Gasteiger partial charge in [0.15, 0.2) is 6.29 Å². The molecule has 0 spiro atoms. The van der Waals surface area contributed by atoms with Crippen molar-refractivity contribution < 1.29 is 58.3 Å². The van der Waals surface area contributed by atoms with Gasteiger partial charge in [0.1, 0.15) is 49.1 Å². The molecule has 0 radical (unpaired) electrons. The van der Waals surface area contributed by atoms with E-state index in [9.17, 15) is 39.0 Å². The lowest BCUT2D eigenvalue weighted by molar-refractivity contribution is -0.268. The van der Waals surface area contributed by atoms with Gasteiger partial charge in [-0.1, -0.05) is 168 Å². The molecule has 1 rings (SSSR count). The molecule has 378 valence electrons. The van der Waals surface area contributed by atoms with E-state index >= 15 is 0 Å². The minimum Gasteiger partial charge on any atom is -0.481 e. The lowest BCUT2D eigenvalue weighted by atomic mass is 9.93. The first-order valence-electron chi connectivity index (χ1n) is 25.3. The van der Waals surface area contributed by atoms with E-state index in [0.717, 1.165) is 38.5 Å². The number of nitrogens with one attached hydrogen (secondary N) is 3. The number of carboxylic acids is 1. The summed E-state index contributed by atoms with van der Waals surface area (Å²) in [6, 6.07) is -3.82. The second-order valence-corrected chi connectivity index (χ2v) is 18.3. The Hall–Kier alpha value is -3.34. The molecule has 1 aliphatic heterocycles. The van der Waals surface area contributed by atoms with Crippen LogP contribution in [0.1, 0.15) is 214 Å². The third-order valence-electron chi connectivity index (χ3n) is 12.4. The number of unbranched alkanes of at least 4 members (excludes halogenated alkanes) is 22. The molecule has 16 heteroatoms. The molecule has 8 N–H and O–H groups in total. The Morgan fingerprint density at radius 3 is 1.51 bits per heavy atom. The highest BCUT2D eigenvalue weighted by molar-refractivity contribution is 5.92. The molecule has 0 aromatic rings. The van der Waals surface area contributed by atoms with Gasteiger partial charge in [0.2, 0.25) is 23.6 Å². The van der Waals surface area contributed by atoms with Crippen LogP contribution in [0.3, 0.4) is 0 Å². The zero-order valence-corrected chi connectivity index (χ0v) is 40.8. The van der Waals surface area contributed by atoms with E-state index in [-0.39, 0.29) is 12.3 Å². The van der Waals surface area contributed by atoms with Crippen LogP contribution < -0.4 is 21.7 Å². The van der Waals surface area contributed by atoms with E-state index in [0.29, 0.717) is 12.8 Å². The van der Waals surface area contributed by atoms with Gasteiger partial charge in [-0.15, -0.1) is 0 Å². The molecule has 1 fully saturated rings. The number of carboxylic acid groups (broad SMARTS) is 1. The fourth-order valence-electron chi connectivity index (χ4n) is 8.29. The van der Waals surface area contributed by atoms with Crippen molar-refractivity contribution in [2.24, 2.45) is 11.7 Å². The van der Waals surface area contributed by atoms with Gasteiger partial charge in [-0.2, -0.15) is 0 Å². The summed E-state index contributed by atoms with van der Waals surface area (Å²) in [5, 5.41) is 38.7. The number of ether oxygens (including phenoxy) is 3. The summed E-state index contributed by atoms with van der Waals surface area (Å²) < 4.78 is 17.4. The van der Waals surface area contributed by atoms with E-state index < -0.39 is 97.4 Å². The molecule has 8 atom stereocenters. The highest BCUT2D eigenvalue weighted by Crippen LogP contribution is 2.26. The van der Waals surface area contributed by atoms with Crippen LogP contribution in [0, 0.1) is 5.92 Å². The van der Waals surface area contributed by atoms with Gasteiger partial charge in [0.25, 0.3) is 0 Å².